The Morgan fingerprint density at radius 1 is 1.20 bits per heavy atom. The molecule has 0 spiro atoms. The topological polar surface area (TPSA) is 20.2 Å². The lowest BCUT2D eigenvalue weighted by Crippen LogP contribution is -1.75. The molecule has 0 amide bonds. The molecule has 1 N–H and O–H groups in total. The average Bonchev–Trinajstić information content (AvgIpc) is 1.82. The molecule has 0 radical (unpaired) electrons. The van der Waals surface area contributed by atoms with E-state index in [1.807, 2.05) is 22.6 Å². The summed E-state index contributed by atoms with van der Waals surface area (Å²) in [5, 5.41) is 9.90. The molecule has 1 rings (SSSR count). The van der Waals surface area contributed by atoms with Gasteiger partial charge < -0.3 is 5.11 Å². The Bertz CT molecular complexity index is 239. The molecule has 0 fully saturated rings. The van der Waals surface area contributed by atoms with E-state index in [4.69, 9.17) is 28.3 Å². The summed E-state index contributed by atoms with van der Waals surface area (Å²) in [5.41, 5.74) is 0. The number of phenolic OH excluding ortho intramolecular Hbond substituents is 1. The summed E-state index contributed by atoms with van der Waals surface area (Å²) >= 11 is 13.3. The van der Waals surface area contributed by atoms with Crippen LogP contribution in [0.3, 0.4) is 0 Å². The first-order valence-corrected chi connectivity index (χ1v) is 4.28. The molecule has 0 aliphatic rings. The maximum Gasteiger partial charge on any atom is 0.118 e. The standard InChI is InChI=1S/C6H3Cl2IO/c7-4-1-3(10)2-5(8)6(4)9/h1-2,10H. The van der Waals surface area contributed by atoms with Crippen LogP contribution in [-0.2, 0) is 0 Å². The molecule has 1 aromatic rings. The molecule has 0 aromatic heterocycles. The van der Waals surface area contributed by atoms with Gasteiger partial charge in [-0.2, -0.15) is 0 Å². The van der Waals surface area contributed by atoms with E-state index < -0.39 is 0 Å². The van der Waals surface area contributed by atoms with E-state index in [0.29, 0.717) is 10.0 Å². The molecular formula is C6H3Cl2IO. The molecule has 4 heteroatoms. The van der Waals surface area contributed by atoms with Crippen molar-refractivity contribution in [1.82, 2.24) is 0 Å². The van der Waals surface area contributed by atoms with Gasteiger partial charge in [0.25, 0.3) is 0 Å². The van der Waals surface area contributed by atoms with Gasteiger partial charge in [-0.05, 0) is 34.7 Å². The molecular weight excluding hydrogens is 286 g/mol. The highest BCUT2D eigenvalue weighted by Crippen LogP contribution is 2.30. The smallest absolute Gasteiger partial charge is 0.118 e. The molecule has 0 aliphatic carbocycles. The van der Waals surface area contributed by atoms with Gasteiger partial charge in [0, 0.05) is 0 Å². The molecule has 0 unspecified atom stereocenters. The van der Waals surface area contributed by atoms with Gasteiger partial charge in [-0.1, -0.05) is 23.2 Å². The van der Waals surface area contributed by atoms with Gasteiger partial charge in [0.05, 0.1) is 13.6 Å². The molecule has 0 atom stereocenters. The lowest BCUT2D eigenvalue weighted by molar-refractivity contribution is 0.475. The molecule has 54 valence electrons. The largest absolute Gasteiger partial charge is 0.508 e. The molecule has 0 bridgehead atoms. The first-order valence-electron chi connectivity index (χ1n) is 2.45. The van der Waals surface area contributed by atoms with E-state index in [1.54, 1.807) is 0 Å². The van der Waals surface area contributed by atoms with Gasteiger partial charge in [0.1, 0.15) is 5.75 Å². The van der Waals surface area contributed by atoms with Gasteiger partial charge in [0.15, 0.2) is 0 Å². The van der Waals surface area contributed by atoms with Crippen LogP contribution >= 0.6 is 45.8 Å². The Balaban J connectivity index is 3.31. The lowest BCUT2D eigenvalue weighted by Gasteiger charge is -1.98. The van der Waals surface area contributed by atoms with Gasteiger partial charge in [-0.3, -0.25) is 0 Å². The average molecular weight is 289 g/mol. The Morgan fingerprint density at radius 3 is 2.00 bits per heavy atom. The van der Waals surface area contributed by atoms with Crippen molar-refractivity contribution in [3.63, 3.8) is 0 Å². The summed E-state index contributed by atoms with van der Waals surface area (Å²) in [6, 6.07) is 2.91. The van der Waals surface area contributed by atoms with Crippen molar-refractivity contribution in [1.29, 1.82) is 0 Å². The third-order valence-corrected chi connectivity index (χ3v) is 3.36. The SMILES string of the molecule is Oc1cc(Cl)c(I)c(Cl)c1. The van der Waals surface area contributed by atoms with Crippen LogP contribution in [0.25, 0.3) is 0 Å². The lowest BCUT2D eigenvalue weighted by atomic mass is 10.3. The van der Waals surface area contributed by atoms with E-state index in [1.165, 1.54) is 12.1 Å². The molecule has 10 heavy (non-hydrogen) atoms. The van der Waals surface area contributed by atoms with Crippen molar-refractivity contribution in [2.24, 2.45) is 0 Å². The molecule has 0 aliphatic heterocycles. The zero-order valence-corrected chi connectivity index (χ0v) is 8.41. The van der Waals surface area contributed by atoms with Gasteiger partial charge in [-0.15, -0.1) is 0 Å². The van der Waals surface area contributed by atoms with Gasteiger partial charge in [0.2, 0.25) is 0 Å². The number of phenols is 1. The summed E-state index contributed by atoms with van der Waals surface area (Å²) < 4.78 is 0.763. The van der Waals surface area contributed by atoms with Crippen molar-refractivity contribution < 1.29 is 5.11 Å². The highest BCUT2D eigenvalue weighted by atomic mass is 127. The second-order valence-corrected chi connectivity index (χ2v) is 3.62. The van der Waals surface area contributed by atoms with Crippen LogP contribution in [0.4, 0.5) is 0 Å². The van der Waals surface area contributed by atoms with Crippen molar-refractivity contribution in [2.45, 2.75) is 0 Å². The predicted octanol–water partition coefficient (Wildman–Crippen LogP) is 3.30. The Morgan fingerprint density at radius 2 is 1.60 bits per heavy atom. The highest BCUT2D eigenvalue weighted by Gasteiger charge is 2.03. The van der Waals surface area contributed by atoms with E-state index >= 15 is 0 Å². The van der Waals surface area contributed by atoms with Crippen LogP contribution in [0.2, 0.25) is 10.0 Å². The predicted molar refractivity (Wildman–Crippen MR) is 50.8 cm³/mol. The number of hydrogen-bond donors (Lipinski definition) is 1. The van der Waals surface area contributed by atoms with Crippen molar-refractivity contribution >= 4 is 45.8 Å². The van der Waals surface area contributed by atoms with Crippen LogP contribution in [0.15, 0.2) is 12.1 Å². The number of rotatable bonds is 0. The number of hydrogen-bond acceptors (Lipinski definition) is 1. The van der Waals surface area contributed by atoms with Crippen LogP contribution in [-0.4, -0.2) is 5.11 Å². The first kappa shape index (κ1) is 8.43. The maximum atomic E-state index is 8.95. The van der Waals surface area contributed by atoms with Gasteiger partial charge in [-0.25, -0.2) is 0 Å². The van der Waals surface area contributed by atoms with Crippen molar-refractivity contribution in [3.05, 3.63) is 25.7 Å². The summed E-state index contributed by atoms with van der Waals surface area (Å²) in [6.07, 6.45) is 0. The minimum Gasteiger partial charge on any atom is -0.508 e. The second kappa shape index (κ2) is 3.15. The highest BCUT2D eigenvalue weighted by molar-refractivity contribution is 14.1. The third-order valence-electron chi connectivity index (χ3n) is 0.969. The summed E-state index contributed by atoms with van der Waals surface area (Å²) in [4.78, 5) is 0. The molecule has 1 aromatic carbocycles. The fraction of sp³-hybridized carbons (Fsp3) is 0. The first-order chi connectivity index (χ1) is 4.61. The number of benzene rings is 1. The Kier molecular flexibility index (Phi) is 2.66. The summed E-state index contributed by atoms with van der Waals surface area (Å²) in [5.74, 6) is 0.0930. The molecule has 0 saturated heterocycles. The maximum absolute atomic E-state index is 8.95. The minimum atomic E-state index is 0.0930. The minimum absolute atomic E-state index is 0.0930. The Labute approximate surface area is 82.1 Å². The van der Waals surface area contributed by atoms with Gasteiger partial charge >= 0.3 is 0 Å². The summed E-state index contributed by atoms with van der Waals surface area (Å²) in [7, 11) is 0. The van der Waals surface area contributed by atoms with Crippen LogP contribution in [0, 0.1) is 3.57 Å². The molecule has 1 nitrogen and oxygen atoms in total. The second-order valence-electron chi connectivity index (χ2n) is 1.72. The van der Waals surface area contributed by atoms with Crippen LogP contribution < -0.4 is 0 Å². The van der Waals surface area contributed by atoms with Crippen LogP contribution in [0.1, 0.15) is 0 Å². The van der Waals surface area contributed by atoms with E-state index in [9.17, 15) is 0 Å². The zero-order chi connectivity index (χ0) is 7.72. The normalized spacial score (nSPS) is 9.90. The van der Waals surface area contributed by atoms with E-state index in [0.717, 1.165) is 3.57 Å². The number of aromatic hydroxyl groups is 1. The van der Waals surface area contributed by atoms with E-state index in [2.05, 4.69) is 0 Å². The number of halogens is 3. The zero-order valence-electron chi connectivity index (χ0n) is 4.74. The fourth-order valence-electron chi connectivity index (χ4n) is 0.542. The molecule has 0 heterocycles. The van der Waals surface area contributed by atoms with Crippen molar-refractivity contribution in [2.75, 3.05) is 0 Å². The third kappa shape index (κ3) is 1.68. The Hall–Kier alpha value is 0.330. The monoisotopic (exact) mass is 288 g/mol. The quantitative estimate of drug-likeness (QED) is 0.574. The van der Waals surface area contributed by atoms with Crippen LogP contribution in [0.5, 0.6) is 5.75 Å². The van der Waals surface area contributed by atoms with E-state index in [-0.39, 0.29) is 5.75 Å². The van der Waals surface area contributed by atoms with Crippen molar-refractivity contribution in [3.8, 4) is 5.75 Å². The molecule has 0 saturated carbocycles. The summed E-state index contributed by atoms with van der Waals surface area (Å²) in [6.45, 7) is 0. The fourth-order valence-corrected chi connectivity index (χ4v) is 1.33.